The Hall–Kier alpha value is -0.880. The first-order chi connectivity index (χ1) is 8.32. The van der Waals surface area contributed by atoms with Gasteiger partial charge in [-0.2, -0.15) is 0 Å². The quantitative estimate of drug-likeness (QED) is 0.879. The first kappa shape index (κ1) is 15.2. The van der Waals surface area contributed by atoms with Crippen molar-refractivity contribution in [3.63, 3.8) is 0 Å². The highest BCUT2D eigenvalue weighted by Gasteiger charge is 2.19. The minimum absolute atomic E-state index is 0.142. The van der Waals surface area contributed by atoms with E-state index in [-0.39, 0.29) is 11.8 Å². The van der Waals surface area contributed by atoms with Crippen LogP contribution in [0.25, 0.3) is 0 Å². The van der Waals surface area contributed by atoms with Crippen LogP contribution in [0.4, 0.5) is 0 Å². The van der Waals surface area contributed by atoms with Crippen LogP contribution in [0.2, 0.25) is 0 Å². The molecule has 0 aromatic heterocycles. The van der Waals surface area contributed by atoms with Crippen molar-refractivity contribution in [3.05, 3.63) is 32.7 Å². The summed E-state index contributed by atoms with van der Waals surface area (Å²) in [5.74, 6) is -0.423. The Bertz CT molecular complexity index is 475. The van der Waals surface area contributed by atoms with E-state index in [1.165, 1.54) is 4.90 Å². The topological polar surface area (TPSA) is 49.4 Å². The van der Waals surface area contributed by atoms with Gasteiger partial charge in [-0.1, -0.05) is 15.9 Å². The third-order valence-electron chi connectivity index (χ3n) is 2.33. The zero-order valence-corrected chi connectivity index (χ0v) is 13.5. The SMILES string of the molecule is CC(NC(=O)c1ccc(Br)cc1Br)C(=O)N(C)C. The molecule has 0 spiro atoms. The molecule has 1 rings (SSSR count). The Labute approximate surface area is 123 Å². The minimum atomic E-state index is -0.553. The molecule has 0 saturated heterocycles. The van der Waals surface area contributed by atoms with Gasteiger partial charge in [0, 0.05) is 23.0 Å². The fourth-order valence-corrected chi connectivity index (χ4v) is 2.62. The fourth-order valence-electron chi connectivity index (χ4n) is 1.40. The van der Waals surface area contributed by atoms with E-state index >= 15 is 0 Å². The molecule has 1 N–H and O–H groups in total. The van der Waals surface area contributed by atoms with Crippen molar-refractivity contribution in [2.45, 2.75) is 13.0 Å². The number of nitrogens with zero attached hydrogens (tertiary/aromatic N) is 1. The third-order valence-corrected chi connectivity index (χ3v) is 3.48. The van der Waals surface area contributed by atoms with Crippen molar-refractivity contribution in [3.8, 4) is 0 Å². The number of carbonyl (C=O) groups is 2. The van der Waals surface area contributed by atoms with Crippen LogP contribution in [0.5, 0.6) is 0 Å². The Morgan fingerprint density at radius 2 is 1.89 bits per heavy atom. The average Bonchev–Trinajstić information content (AvgIpc) is 2.27. The summed E-state index contributed by atoms with van der Waals surface area (Å²) >= 11 is 6.63. The molecule has 1 unspecified atom stereocenters. The number of hydrogen-bond donors (Lipinski definition) is 1. The maximum atomic E-state index is 12.0. The lowest BCUT2D eigenvalue weighted by Crippen LogP contribution is -2.44. The normalized spacial score (nSPS) is 11.8. The number of rotatable bonds is 3. The smallest absolute Gasteiger partial charge is 0.253 e. The van der Waals surface area contributed by atoms with Crippen LogP contribution in [-0.2, 0) is 4.79 Å². The molecule has 0 heterocycles. The third kappa shape index (κ3) is 3.81. The number of hydrogen-bond acceptors (Lipinski definition) is 2. The lowest BCUT2D eigenvalue weighted by molar-refractivity contribution is -0.130. The average molecular weight is 378 g/mol. The number of amides is 2. The van der Waals surface area contributed by atoms with E-state index in [0.29, 0.717) is 10.0 Å². The molecular weight excluding hydrogens is 364 g/mol. The van der Waals surface area contributed by atoms with Crippen LogP contribution in [-0.4, -0.2) is 36.9 Å². The monoisotopic (exact) mass is 376 g/mol. The Morgan fingerprint density at radius 1 is 1.28 bits per heavy atom. The van der Waals surface area contributed by atoms with Gasteiger partial charge in [0.15, 0.2) is 0 Å². The number of likely N-dealkylation sites (N-methyl/N-ethyl adjacent to an activating group) is 1. The second-order valence-corrected chi connectivity index (χ2v) is 5.82. The van der Waals surface area contributed by atoms with Crippen LogP contribution < -0.4 is 5.32 Å². The standard InChI is InChI=1S/C12H14Br2N2O2/c1-7(12(18)16(2)3)15-11(17)9-5-4-8(13)6-10(9)14/h4-7H,1-3H3,(H,15,17). The van der Waals surface area contributed by atoms with Crippen LogP contribution in [0, 0.1) is 0 Å². The van der Waals surface area contributed by atoms with Gasteiger partial charge in [-0.25, -0.2) is 0 Å². The summed E-state index contributed by atoms with van der Waals surface area (Å²) in [5.41, 5.74) is 0.497. The summed E-state index contributed by atoms with van der Waals surface area (Å²) in [6, 6.07) is 4.70. The molecule has 18 heavy (non-hydrogen) atoms. The molecule has 1 aromatic rings. The van der Waals surface area contributed by atoms with E-state index in [1.807, 2.05) is 0 Å². The molecule has 0 fully saturated rings. The van der Waals surface area contributed by atoms with E-state index in [4.69, 9.17) is 0 Å². The summed E-state index contributed by atoms with van der Waals surface area (Å²) in [6.07, 6.45) is 0. The molecule has 1 aromatic carbocycles. The molecule has 0 radical (unpaired) electrons. The molecule has 0 aliphatic carbocycles. The number of halogens is 2. The van der Waals surface area contributed by atoms with E-state index in [0.717, 1.165) is 4.47 Å². The first-order valence-electron chi connectivity index (χ1n) is 5.30. The Morgan fingerprint density at radius 3 is 2.39 bits per heavy atom. The lowest BCUT2D eigenvalue weighted by Gasteiger charge is -2.18. The van der Waals surface area contributed by atoms with Gasteiger partial charge >= 0.3 is 0 Å². The molecule has 2 amide bonds. The zero-order chi connectivity index (χ0) is 13.9. The van der Waals surface area contributed by atoms with Crippen molar-refractivity contribution in [2.24, 2.45) is 0 Å². The Balaban J connectivity index is 2.80. The minimum Gasteiger partial charge on any atom is -0.347 e. The highest BCUT2D eigenvalue weighted by Crippen LogP contribution is 2.21. The van der Waals surface area contributed by atoms with E-state index in [2.05, 4.69) is 37.2 Å². The summed E-state index contributed by atoms with van der Waals surface area (Å²) < 4.78 is 1.56. The van der Waals surface area contributed by atoms with Gasteiger partial charge < -0.3 is 10.2 Å². The summed E-state index contributed by atoms with van der Waals surface area (Å²) in [5, 5.41) is 2.66. The maximum Gasteiger partial charge on any atom is 0.253 e. The Kier molecular flexibility index (Phi) is 5.34. The summed E-state index contributed by atoms with van der Waals surface area (Å²) in [6.45, 7) is 1.66. The largest absolute Gasteiger partial charge is 0.347 e. The number of nitrogens with one attached hydrogen (secondary N) is 1. The summed E-state index contributed by atoms with van der Waals surface area (Å²) in [4.78, 5) is 25.1. The second kappa shape index (κ2) is 6.33. The van der Waals surface area contributed by atoms with Crippen molar-refractivity contribution in [2.75, 3.05) is 14.1 Å². The second-order valence-electron chi connectivity index (χ2n) is 4.05. The molecule has 4 nitrogen and oxygen atoms in total. The van der Waals surface area contributed by atoms with E-state index in [9.17, 15) is 9.59 Å². The van der Waals surface area contributed by atoms with Gasteiger partial charge in [-0.15, -0.1) is 0 Å². The first-order valence-corrected chi connectivity index (χ1v) is 6.88. The lowest BCUT2D eigenvalue weighted by atomic mass is 10.2. The molecule has 1 atom stereocenters. The van der Waals surface area contributed by atoms with Crippen LogP contribution in [0.15, 0.2) is 27.1 Å². The van der Waals surface area contributed by atoms with Crippen molar-refractivity contribution in [1.82, 2.24) is 10.2 Å². The van der Waals surface area contributed by atoms with Crippen molar-refractivity contribution >= 4 is 43.7 Å². The number of carbonyl (C=O) groups excluding carboxylic acids is 2. The van der Waals surface area contributed by atoms with Crippen LogP contribution >= 0.6 is 31.9 Å². The highest BCUT2D eigenvalue weighted by molar-refractivity contribution is 9.11. The predicted molar refractivity (Wildman–Crippen MR) is 77.5 cm³/mol. The molecular formula is C12H14Br2N2O2. The van der Waals surface area contributed by atoms with Crippen molar-refractivity contribution in [1.29, 1.82) is 0 Å². The maximum absolute atomic E-state index is 12.0. The van der Waals surface area contributed by atoms with Gasteiger partial charge in [-0.05, 0) is 41.1 Å². The van der Waals surface area contributed by atoms with Crippen LogP contribution in [0.3, 0.4) is 0 Å². The van der Waals surface area contributed by atoms with Gasteiger partial charge in [-0.3, -0.25) is 9.59 Å². The molecule has 0 aliphatic heterocycles. The van der Waals surface area contributed by atoms with Gasteiger partial charge in [0.2, 0.25) is 5.91 Å². The van der Waals surface area contributed by atoms with Gasteiger partial charge in [0.25, 0.3) is 5.91 Å². The molecule has 0 aliphatic rings. The molecule has 6 heteroatoms. The number of benzene rings is 1. The predicted octanol–water partition coefficient (Wildman–Crippen LogP) is 2.42. The fraction of sp³-hybridized carbons (Fsp3) is 0.333. The molecule has 0 bridgehead atoms. The molecule has 0 saturated carbocycles. The summed E-state index contributed by atoms with van der Waals surface area (Å²) in [7, 11) is 3.31. The van der Waals surface area contributed by atoms with E-state index in [1.54, 1.807) is 39.2 Å². The van der Waals surface area contributed by atoms with Gasteiger partial charge in [0.1, 0.15) is 6.04 Å². The highest BCUT2D eigenvalue weighted by atomic mass is 79.9. The molecule has 98 valence electrons. The van der Waals surface area contributed by atoms with Gasteiger partial charge in [0.05, 0.1) is 5.56 Å². The van der Waals surface area contributed by atoms with Crippen molar-refractivity contribution < 1.29 is 9.59 Å². The van der Waals surface area contributed by atoms with E-state index < -0.39 is 6.04 Å². The zero-order valence-electron chi connectivity index (χ0n) is 10.3. The van der Waals surface area contributed by atoms with Crippen LogP contribution in [0.1, 0.15) is 17.3 Å².